The first-order valence-corrected chi connectivity index (χ1v) is 10.0. The third-order valence-corrected chi connectivity index (χ3v) is 6.11. The zero-order chi connectivity index (χ0) is 17.9. The summed E-state index contributed by atoms with van der Waals surface area (Å²) in [7, 11) is 0. The van der Waals surface area contributed by atoms with Gasteiger partial charge >= 0.3 is 0 Å². The number of carbonyl (C=O) groups is 2. The molecule has 3 N–H and O–H groups in total. The Labute approximate surface area is 169 Å². The van der Waals surface area contributed by atoms with E-state index in [1.807, 2.05) is 35.7 Å². The average molecular weight is 406 g/mol. The SMILES string of the molecule is Cl.O=C(CC1CC2CCC(C1)N2)Nc1ccccc1NC(=O)c1cccs1. The van der Waals surface area contributed by atoms with E-state index in [-0.39, 0.29) is 24.2 Å². The van der Waals surface area contributed by atoms with Gasteiger partial charge in [0.05, 0.1) is 16.3 Å². The molecule has 2 atom stereocenters. The van der Waals surface area contributed by atoms with Crippen LogP contribution in [0, 0.1) is 5.92 Å². The Morgan fingerprint density at radius 1 is 1.00 bits per heavy atom. The molecule has 0 radical (unpaired) electrons. The van der Waals surface area contributed by atoms with E-state index in [1.165, 1.54) is 24.2 Å². The van der Waals surface area contributed by atoms with E-state index >= 15 is 0 Å². The Morgan fingerprint density at radius 2 is 1.67 bits per heavy atom. The van der Waals surface area contributed by atoms with E-state index < -0.39 is 0 Å². The maximum absolute atomic E-state index is 12.5. The smallest absolute Gasteiger partial charge is 0.265 e. The van der Waals surface area contributed by atoms with Gasteiger partial charge in [-0.25, -0.2) is 0 Å². The van der Waals surface area contributed by atoms with Crippen LogP contribution < -0.4 is 16.0 Å². The van der Waals surface area contributed by atoms with Crippen molar-refractivity contribution >= 4 is 46.9 Å². The van der Waals surface area contributed by atoms with Gasteiger partial charge in [0.1, 0.15) is 0 Å². The first kappa shape index (κ1) is 19.9. The number of nitrogens with one attached hydrogen (secondary N) is 3. The topological polar surface area (TPSA) is 70.2 Å². The zero-order valence-corrected chi connectivity index (χ0v) is 16.6. The van der Waals surface area contributed by atoms with Crippen LogP contribution in [0.25, 0.3) is 0 Å². The van der Waals surface area contributed by atoms with Crippen molar-refractivity contribution in [2.45, 2.75) is 44.2 Å². The summed E-state index contributed by atoms with van der Waals surface area (Å²) in [6, 6.07) is 12.2. The van der Waals surface area contributed by atoms with E-state index in [0.717, 1.165) is 12.8 Å². The van der Waals surface area contributed by atoms with Gasteiger partial charge in [-0.05, 0) is 55.2 Å². The molecule has 0 saturated carbocycles. The summed E-state index contributed by atoms with van der Waals surface area (Å²) >= 11 is 1.39. The number of para-hydroxylation sites is 2. The molecular formula is C20H24ClN3O2S. The largest absolute Gasteiger partial charge is 0.324 e. The van der Waals surface area contributed by atoms with Crippen LogP contribution in [-0.2, 0) is 4.79 Å². The number of hydrogen-bond donors (Lipinski definition) is 3. The van der Waals surface area contributed by atoms with Crippen LogP contribution in [0.15, 0.2) is 41.8 Å². The fourth-order valence-electron chi connectivity index (χ4n) is 4.10. The van der Waals surface area contributed by atoms with Crippen molar-refractivity contribution in [2.24, 2.45) is 5.92 Å². The second-order valence-electron chi connectivity index (χ2n) is 7.20. The van der Waals surface area contributed by atoms with Crippen molar-refractivity contribution < 1.29 is 9.59 Å². The van der Waals surface area contributed by atoms with Crippen LogP contribution in [0.5, 0.6) is 0 Å². The van der Waals surface area contributed by atoms with Gasteiger partial charge in [0.25, 0.3) is 5.91 Å². The summed E-state index contributed by atoms with van der Waals surface area (Å²) < 4.78 is 0. The number of piperidine rings is 1. The number of hydrogen-bond acceptors (Lipinski definition) is 4. The van der Waals surface area contributed by atoms with E-state index in [1.54, 1.807) is 6.07 Å². The number of fused-ring (bicyclic) bond motifs is 2. The highest BCUT2D eigenvalue weighted by atomic mass is 35.5. The molecule has 0 aliphatic carbocycles. The number of rotatable bonds is 5. The molecule has 3 heterocycles. The third-order valence-electron chi connectivity index (χ3n) is 5.24. The Hall–Kier alpha value is -1.89. The molecule has 4 rings (SSSR count). The quantitative estimate of drug-likeness (QED) is 0.695. The molecule has 0 spiro atoms. The van der Waals surface area contributed by atoms with Crippen molar-refractivity contribution in [1.29, 1.82) is 0 Å². The Kier molecular flexibility index (Phi) is 6.52. The molecule has 2 aliphatic rings. The van der Waals surface area contributed by atoms with Crippen molar-refractivity contribution in [3.63, 3.8) is 0 Å². The van der Waals surface area contributed by atoms with Gasteiger partial charge in [-0.1, -0.05) is 18.2 Å². The molecule has 1 aromatic heterocycles. The lowest BCUT2D eigenvalue weighted by Gasteiger charge is -2.28. The maximum Gasteiger partial charge on any atom is 0.265 e. The monoisotopic (exact) mass is 405 g/mol. The van der Waals surface area contributed by atoms with Gasteiger partial charge in [0, 0.05) is 18.5 Å². The second-order valence-corrected chi connectivity index (χ2v) is 8.15. The molecule has 2 bridgehead atoms. The van der Waals surface area contributed by atoms with E-state index in [2.05, 4.69) is 16.0 Å². The van der Waals surface area contributed by atoms with Crippen LogP contribution in [0.1, 0.15) is 41.8 Å². The molecule has 2 fully saturated rings. The highest BCUT2D eigenvalue weighted by molar-refractivity contribution is 7.12. The van der Waals surface area contributed by atoms with Gasteiger partial charge < -0.3 is 16.0 Å². The van der Waals surface area contributed by atoms with Crippen molar-refractivity contribution in [1.82, 2.24) is 5.32 Å². The number of halogens is 1. The number of benzene rings is 1. The minimum absolute atomic E-state index is 0. The van der Waals surface area contributed by atoms with Crippen LogP contribution in [-0.4, -0.2) is 23.9 Å². The summed E-state index contributed by atoms with van der Waals surface area (Å²) in [5.41, 5.74) is 1.28. The predicted octanol–water partition coefficient (Wildman–Crippen LogP) is 4.28. The third kappa shape index (κ3) is 4.89. The van der Waals surface area contributed by atoms with E-state index in [9.17, 15) is 9.59 Å². The van der Waals surface area contributed by atoms with Gasteiger partial charge in [0.15, 0.2) is 0 Å². The fraction of sp³-hybridized carbons (Fsp3) is 0.400. The fourth-order valence-corrected chi connectivity index (χ4v) is 4.72. The van der Waals surface area contributed by atoms with Gasteiger partial charge in [-0.2, -0.15) is 0 Å². The molecule has 1 aromatic carbocycles. The average Bonchev–Trinajstić information content (AvgIpc) is 3.26. The highest BCUT2D eigenvalue weighted by Gasteiger charge is 2.34. The normalized spacial score (nSPS) is 23.3. The summed E-state index contributed by atoms with van der Waals surface area (Å²) in [4.78, 5) is 25.5. The van der Waals surface area contributed by atoms with Crippen LogP contribution in [0.3, 0.4) is 0 Å². The molecule has 5 nitrogen and oxygen atoms in total. The number of amides is 2. The lowest BCUT2D eigenvalue weighted by atomic mass is 9.89. The first-order chi connectivity index (χ1) is 12.7. The molecule has 2 aromatic rings. The Bertz CT molecular complexity index is 784. The van der Waals surface area contributed by atoms with E-state index in [4.69, 9.17) is 0 Å². The van der Waals surface area contributed by atoms with Crippen LogP contribution >= 0.6 is 23.7 Å². The Morgan fingerprint density at radius 3 is 2.30 bits per heavy atom. The van der Waals surface area contributed by atoms with E-state index in [0.29, 0.717) is 40.7 Å². The van der Waals surface area contributed by atoms with Gasteiger partial charge in [-0.15, -0.1) is 23.7 Å². The molecule has 7 heteroatoms. The molecule has 144 valence electrons. The molecule has 27 heavy (non-hydrogen) atoms. The molecule has 2 unspecified atom stereocenters. The Balaban J connectivity index is 0.00000210. The number of anilines is 2. The molecule has 2 saturated heterocycles. The van der Waals surface area contributed by atoms with Gasteiger partial charge in [0.2, 0.25) is 5.91 Å². The van der Waals surface area contributed by atoms with Crippen molar-refractivity contribution in [2.75, 3.05) is 10.6 Å². The lowest BCUT2D eigenvalue weighted by Crippen LogP contribution is -2.39. The minimum atomic E-state index is -0.156. The highest BCUT2D eigenvalue weighted by Crippen LogP contribution is 2.33. The molecule has 2 amide bonds. The molecular weight excluding hydrogens is 382 g/mol. The summed E-state index contributed by atoms with van der Waals surface area (Å²) in [6.45, 7) is 0. The predicted molar refractivity (Wildman–Crippen MR) is 112 cm³/mol. The van der Waals surface area contributed by atoms with Crippen molar-refractivity contribution in [3.05, 3.63) is 46.7 Å². The number of carbonyl (C=O) groups excluding carboxylic acids is 2. The van der Waals surface area contributed by atoms with Gasteiger partial charge in [-0.3, -0.25) is 9.59 Å². The first-order valence-electron chi connectivity index (χ1n) is 9.17. The number of thiophene rings is 1. The zero-order valence-electron chi connectivity index (χ0n) is 14.9. The maximum atomic E-state index is 12.5. The lowest BCUT2D eigenvalue weighted by molar-refractivity contribution is -0.117. The van der Waals surface area contributed by atoms with Crippen molar-refractivity contribution in [3.8, 4) is 0 Å². The summed E-state index contributed by atoms with van der Waals surface area (Å²) in [6.07, 6.45) is 5.18. The van der Waals surface area contributed by atoms with Crippen LogP contribution in [0.2, 0.25) is 0 Å². The second kappa shape index (κ2) is 8.87. The summed E-state index contributed by atoms with van der Waals surface area (Å²) in [5, 5.41) is 11.4. The van der Waals surface area contributed by atoms with Crippen LogP contribution in [0.4, 0.5) is 11.4 Å². The standard InChI is InChI=1S/C20H23N3O2S.ClH/c24-19(12-13-10-14-7-8-15(11-13)21-14)22-16-4-1-2-5-17(16)23-20(25)18-6-3-9-26-18;/h1-6,9,13-15,21H,7-8,10-12H2,(H,22,24)(H,23,25);1H. The molecule has 2 aliphatic heterocycles. The minimum Gasteiger partial charge on any atom is -0.324 e. The summed E-state index contributed by atoms with van der Waals surface area (Å²) in [5.74, 6) is 0.312.